The van der Waals surface area contributed by atoms with Gasteiger partial charge >= 0.3 is 0 Å². The van der Waals surface area contributed by atoms with E-state index in [0.29, 0.717) is 35.4 Å². The van der Waals surface area contributed by atoms with Crippen LogP contribution >= 0.6 is 0 Å². The fourth-order valence-corrected chi connectivity index (χ4v) is 3.69. The zero-order valence-corrected chi connectivity index (χ0v) is 17.1. The van der Waals surface area contributed by atoms with Crippen molar-refractivity contribution < 1.29 is 14.1 Å². The van der Waals surface area contributed by atoms with Crippen LogP contribution in [0.15, 0.2) is 35.0 Å². The molecule has 4 rings (SSSR count). The van der Waals surface area contributed by atoms with Crippen LogP contribution in [0.25, 0.3) is 11.1 Å². The number of fused-ring (bicyclic) bond motifs is 1. The van der Waals surface area contributed by atoms with Crippen molar-refractivity contribution >= 4 is 17.0 Å². The highest BCUT2D eigenvalue weighted by molar-refractivity contribution is 6.06. The van der Waals surface area contributed by atoms with Gasteiger partial charge in [0.15, 0.2) is 0 Å². The Morgan fingerprint density at radius 2 is 2.21 bits per heavy atom. The molecule has 152 valence electrons. The monoisotopic (exact) mass is 394 g/mol. The maximum absolute atomic E-state index is 13.7. The van der Waals surface area contributed by atoms with Crippen molar-refractivity contribution in [2.24, 2.45) is 0 Å². The van der Waals surface area contributed by atoms with Gasteiger partial charge in [-0.2, -0.15) is 0 Å². The van der Waals surface area contributed by atoms with Crippen molar-refractivity contribution in [1.29, 1.82) is 0 Å². The zero-order valence-electron chi connectivity index (χ0n) is 17.1. The minimum atomic E-state index is -0.0771. The standard InChI is InChI=1S/C22H26N4O3/c1-14(2)19-11-18(20-15(3)25-29-21(20)24-19)22(27)26(13-17-8-6-10-28-17)12-16-7-4-5-9-23-16/h4-5,7,9,11,14,17H,6,8,10,12-13H2,1-3H3. The predicted molar refractivity (Wildman–Crippen MR) is 109 cm³/mol. The quantitative estimate of drug-likeness (QED) is 0.631. The van der Waals surface area contributed by atoms with Crippen LogP contribution in [-0.2, 0) is 11.3 Å². The summed E-state index contributed by atoms with van der Waals surface area (Å²) in [6.45, 7) is 7.62. The van der Waals surface area contributed by atoms with Crippen LogP contribution < -0.4 is 0 Å². The average Bonchev–Trinajstić information content (AvgIpc) is 3.37. The van der Waals surface area contributed by atoms with E-state index in [9.17, 15) is 4.79 Å². The summed E-state index contributed by atoms with van der Waals surface area (Å²) in [5, 5.41) is 4.72. The van der Waals surface area contributed by atoms with Crippen LogP contribution in [-0.4, -0.2) is 45.2 Å². The molecule has 0 bridgehead atoms. The molecule has 1 unspecified atom stereocenters. The van der Waals surface area contributed by atoms with E-state index in [1.165, 1.54) is 0 Å². The lowest BCUT2D eigenvalue weighted by Gasteiger charge is -2.26. The molecular weight excluding hydrogens is 368 g/mol. The third-order valence-corrected chi connectivity index (χ3v) is 5.27. The molecule has 0 radical (unpaired) electrons. The second kappa shape index (κ2) is 8.29. The van der Waals surface area contributed by atoms with Gasteiger partial charge < -0.3 is 14.2 Å². The van der Waals surface area contributed by atoms with Gasteiger partial charge in [0.05, 0.1) is 35.0 Å². The van der Waals surface area contributed by atoms with Crippen LogP contribution in [0.2, 0.25) is 0 Å². The maximum Gasteiger partial charge on any atom is 0.259 e. The van der Waals surface area contributed by atoms with E-state index >= 15 is 0 Å². The minimum Gasteiger partial charge on any atom is -0.376 e. The van der Waals surface area contributed by atoms with Crippen LogP contribution in [0.1, 0.15) is 60.0 Å². The fourth-order valence-electron chi connectivity index (χ4n) is 3.69. The molecule has 0 aliphatic carbocycles. The lowest BCUT2D eigenvalue weighted by molar-refractivity contribution is 0.0505. The molecule has 0 aromatic carbocycles. The fraction of sp³-hybridized carbons (Fsp3) is 0.455. The SMILES string of the molecule is Cc1noc2nc(C(C)C)cc(C(=O)N(Cc3ccccn3)CC3CCCO3)c12. The van der Waals surface area contributed by atoms with Gasteiger partial charge in [0.25, 0.3) is 11.6 Å². The lowest BCUT2D eigenvalue weighted by atomic mass is 10.0. The van der Waals surface area contributed by atoms with Crippen LogP contribution in [0.3, 0.4) is 0 Å². The van der Waals surface area contributed by atoms with Crippen molar-refractivity contribution in [3.8, 4) is 0 Å². The number of nitrogens with zero attached hydrogens (tertiary/aromatic N) is 4. The zero-order chi connectivity index (χ0) is 20.4. The molecule has 7 nitrogen and oxygen atoms in total. The number of carbonyl (C=O) groups is 1. The van der Waals surface area contributed by atoms with Crippen LogP contribution in [0.5, 0.6) is 0 Å². The Hall–Kier alpha value is -2.80. The largest absolute Gasteiger partial charge is 0.376 e. The molecule has 1 aliphatic rings. The number of aromatic nitrogens is 3. The number of hydrogen-bond acceptors (Lipinski definition) is 6. The number of hydrogen-bond donors (Lipinski definition) is 0. The van der Waals surface area contributed by atoms with Gasteiger partial charge in [0.2, 0.25) is 0 Å². The Bertz CT molecular complexity index is 994. The predicted octanol–water partition coefficient (Wildman–Crippen LogP) is 3.87. The van der Waals surface area contributed by atoms with Gasteiger partial charge in [-0.1, -0.05) is 25.1 Å². The van der Waals surface area contributed by atoms with Gasteiger partial charge in [0, 0.05) is 25.0 Å². The highest BCUT2D eigenvalue weighted by atomic mass is 16.5. The van der Waals surface area contributed by atoms with Gasteiger partial charge in [0.1, 0.15) is 0 Å². The summed E-state index contributed by atoms with van der Waals surface area (Å²) in [4.78, 5) is 24.5. The van der Waals surface area contributed by atoms with E-state index in [4.69, 9.17) is 9.26 Å². The molecule has 3 aromatic rings. The second-order valence-corrected chi connectivity index (χ2v) is 7.84. The Labute approximate surface area is 170 Å². The van der Waals surface area contributed by atoms with E-state index in [-0.39, 0.29) is 17.9 Å². The molecule has 0 saturated carbocycles. The highest BCUT2D eigenvalue weighted by Crippen LogP contribution is 2.27. The summed E-state index contributed by atoms with van der Waals surface area (Å²) in [6, 6.07) is 7.61. The lowest BCUT2D eigenvalue weighted by Crippen LogP contribution is -2.37. The molecule has 0 N–H and O–H groups in total. The molecule has 1 saturated heterocycles. The number of pyridine rings is 2. The first kappa shape index (κ1) is 19.5. The maximum atomic E-state index is 13.7. The Morgan fingerprint density at radius 3 is 2.90 bits per heavy atom. The summed E-state index contributed by atoms with van der Waals surface area (Å²) in [7, 11) is 0. The molecule has 29 heavy (non-hydrogen) atoms. The van der Waals surface area contributed by atoms with Crippen molar-refractivity contribution in [1.82, 2.24) is 20.0 Å². The first-order chi connectivity index (χ1) is 14.0. The first-order valence-electron chi connectivity index (χ1n) is 10.1. The Balaban J connectivity index is 1.73. The van der Waals surface area contributed by atoms with Gasteiger partial charge in [-0.05, 0) is 43.9 Å². The smallest absolute Gasteiger partial charge is 0.259 e. The van der Waals surface area contributed by atoms with Crippen molar-refractivity contribution in [3.63, 3.8) is 0 Å². The molecule has 1 fully saturated rings. The van der Waals surface area contributed by atoms with E-state index in [2.05, 4.69) is 15.1 Å². The van der Waals surface area contributed by atoms with E-state index in [1.54, 1.807) is 6.20 Å². The molecule has 3 aromatic heterocycles. The average molecular weight is 394 g/mol. The molecule has 7 heteroatoms. The summed E-state index contributed by atoms with van der Waals surface area (Å²) in [6.07, 6.45) is 3.78. The number of amides is 1. The third-order valence-electron chi connectivity index (χ3n) is 5.27. The number of carbonyl (C=O) groups excluding carboxylic acids is 1. The number of aryl methyl sites for hydroxylation is 1. The van der Waals surface area contributed by atoms with Crippen LogP contribution in [0.4, 0.5) is 0 Å². The van der Waals surface area contributed by atoms with E-state index in [1.807, 2.05) is 49.9 Å². The van der Waals surface area contributed by atoms with Gasteiger partial charge in [-0.25, -0.2) is 4.98 Å². The summed E-state index contributed by atoms with van der Waals surface area (Å²) in [5.41, 5.74) is 3.31. The molecule has 4 heterocycles. The van der Waals surface area contributed by atoms with Crippen molar-refractivity contribution in [3.05, 3.63) is 53.1 Å². The number of rotatable bonds is 6. The molecule has 1 aliphatic heterocycles. The Kier molecular flexibility index (Phi) is 5.58. The summed E-state index contributed by atoms with van der Waals surface area (Å²) < 4.78 is 11.2. The van der Waals surface area contributed by atoms with Gasteiger partial charge in [-0.15, -0.1) is 0 Å². The Morgan fingerprint density at radius 1 is 1.34 bits per heavy atom. The topological polar surface area (TPSA) is 81.4 Å². The number of ether oxygens (including phenoxy) is 1. The highest BCUT2D eigenvalue weighted by Gasteiger charge is 2.27. The summed E-state index contributed by atoms with van der Waals surface area (Å²) in [5.74, 6) is 0.0884. The molecule has 1 atom stereocenters. The minimum absolute atomic E-state index is 0.0492. The third kappa shape index (κ3) is 4.15. The van der Waals surface area contributed by atoms with E-state index in [0.717, 1.165) is 30.8 Å². The molecule has 0 spiro atoms. The molecule has 1 amide bonds. The summed E-state index contributed by atoms with van der Waals surface area (Å²) >= 11 is 0. The first-order valence-corrected chi connectivity index (χ1v) is 10.1. The molecular formula is C22H26N4O3. The van der Waals surface area contributed by atoms with Crippen molar-refractivity contribution in [2.75, 3.05) is 13.2 Å². The second-order valence-electron chi connectivity index (χ2n) is 7.84. The van der Waals surface area contributed by atoms with E-state index < -0.39 is 0 Å². The van der Waals surface area contributed by atoms with Gasteiger partial charge in [-0.3, -0.25) is 9.78 Å². The normalized spacial score (nSPS) is 16.6. The van der Waals surface area contributed by atoms with Crippen molar-refractivity contribution in [2.45, 2.75) is 52.2 Å². The van der Waals surface area contributed by atoms with Crippen LogP contribution in [0, 0.1) is 6.92 Å².